The molecule has 0 amide bonds. The summed E-state index contributed by atoms with van der Waals surface area (Å²) in [5.41, 5.74) is 1.02. The SMILES string of the molecule is Cc1ccc(S(=O)(=O)OCCCCCCOc2ccc(Br)cc2)cc1. The smallest absolute Gasteiger partial charge is 0.296 e. The van der Waals surface area contributed by atoms with Gasteiger partial charge in [0.05, 0.1) is 18.1 Å². The van der Waals surface area contributed by atoms with Crippen LogP contribution in [0, 0.1) is 6.92 Å². The minimum absolute atomic E-state index is 0.209. The first-order valence-corrected chi connectivity index (χ1v) is 10.5. The van der Waals surface area contributed by atoms with E-state index in [1.54, 1.807) is 24.3 Å². The third kappa shape index (κ3) is 7.18. The second-order valence-electron chi connectivity index (χ2n) is 5.81. The summed E-state index contributed by atoms with van der Waals surface area (Å²) in [4.78, 5) is 0.209. The minimum Gasteiger partial charge on any atom is -0.494 e. The lowest BCUT2D eigenvalue weighted by atomic mass is 10.2. The maximum Gasteiger partial charge on any atom is 0.296 e. The highest BCUT2D eigenvalue weighted by Gasteiger charge is 2.14. The molecule has 0 atom stereocenters. The maximum absolute atomic E-state index is 12.0. The molecule has 2 aromatic carbocycles. The summed E-state index contributed by atoms with van der Waals surface area (Å²) in [6.07, 6.45) is 3.53. The van der Waals surface area contributed by atoms with Gasteiger partial charge in [-0.15, -0.1) is 0 Å². The Morgan fingerprint density at radius 3 is 2.08 bits per heavy atom. The molecule has 2 aromatic rings. The number of hydrogen-bond donors (Lipinski definition) is 0. The lowest BCUT2D eigenvalue weighted by Crippen LogP contribution is -2.07. The van der Waals surface area contributed by atoms with Gasteiger partial charge in [-0.05, 0) is 62.6 Å². The molecule has 0 N–H and O–H groups in total. The highest BCUT2D eigenvalue weighted by Crippen LogP contribution is 2.17. The van der Waals surface area contributed by atoms with Gasteiger partial charge in [-0.2, -0.15) is 8.42 Å². The van der Waals surface area contributed by atoms with Crippen LogP contribution in [0.5, 0.6) is 5.75 Å². The molecule has 0 aliphatic heterocycles. The lowest BCUT2D eigenvalue weighted by Gasteiger charge is -2.07. The van der Waals surface area contributed by atoms with Gasteiger partial charge in [-0.3, -0.25) is 4.18 Å². The Hall–Kier alpha value is -1.37. The minimum atomic E-state index is -3.64. The fourth-order valence-corrected chi connectivity index (χ4v) is 3.43. The van der Waals surface area contributed by atoms with E-state index in [-0.39, 0.29) is 11.5 Å². The van der Waals surface area contributed by atoms with Crippen LogP contribution in [0.2, 0.25) is 0 Å². The highest BCUT2D eigenvalue weighted by molar-refractivity contribution is 9.10. The van der Waals surface area contributed by atoms with Crippen LogP contribution in [0.1, 0.15) is 31.2 Å². The van der Waals surface area contributed by atoms with Gasteiger partial charge in [0.25, 0.3) is 10.1 Å². The van der Waals surface area contributed by atoms with Crippen molar-refractivity contribution in [3.05, 3.63) is 58.6 Å². The van der Waals surface area contributed by atoms with Gasteiger partial charge in [-0.25, -0.2) is 0 Å². The average molecular weight is 427 g/mol. The van der Waals surface area contributed by atoms with Gasteiger partial charge in [0.15, 0.2) is 0 Å². The van der Waals surface area contributed by atoms with Crippen molar-refractivity contribution in [3.8, 4) is 5.75 Å². The molecule has 4 nitrogen and oxygen atoms in total. The Bertz CT molecular complexity index is 740. The summed E-state index contributed by atoms with van der Waals surface area (Å²) >= 11 is 3.38. The van der Waals surface area contributed by atoms with Gasteiger partial charge in [0.1, 0.15) is 5.75 Å². The third-order valence-corrected chi connectivity index (χ3v) is 5.52. The first kappa shape index (κ1) is 19.9. The zero-order chi connectivity index (χ0) is 18.1. The van der Waals surface area contributed by atoms with Crippen molar-refractivity contribution in [2.75, 3.05) is 13.2 Å². The summed E-state index contributed by atoms with van der Waals surface area (Å²) in [5.74, 6) is 0.857. The molecule has 25 heavy (non-hydrogen) atoms. The van der Waals surface area contributed by atoms with E-state index in [9.17, 15) is 8.42 Å². The van der Waals surface area contributed by atoms with Gasteiger partial charge in [0, 0.05) is 4.47 Å². The van der Waals surface area contributed by atoms with Crippen molar-refractivity contribution in [1.29, 1.82) is 0 Å². The first-order chi connectivity index (χ1) is 12.0. The summed E-state index contributed by atoms with van der Waals surface area (Å²) in [5, 5.41) is 0. The lowest BCUT2D eigenvalue weighted by molar-refractivity contribution is 0.289. The molecule has 0 radical (unpaired) electrons. The number of hydrogen-bond acceptors (Lipinski definition) is 4. The zero-order valence-corrected chi connectivity index (χ0v) is 16.7. The molecule has 0 spiro atoms. The molecule has 0 saturated heterocycles. The summed E-state index contributed by atoms with van der Waals surface area (Å²) in [6, 6.07) is 14.4. The molecule has 0 unspecified atom stereocenters. The molecule has 2 rings (SSSR count). The number of rotatable bonds is 10. The molecule has 0 heterocycles. The second kappa shape index (κ2) is 9.94. The van der Waals surface area contributed by atoms with Gasteiger partial charge < -0.3 is 4.74 Å². The van der Waals surface area contributed by atoms with E-state index < -0.39 is 10.1 Å². The molecule has 0 fully saturated rings. The molecule has 0 aliphatic carbocycles. The largest absolute Gasteiger partial charge is 0.494 e. The Balaban J connectivity index is 1.57. The fraction of sp³-hybridized carbons (Fsp3) is 0.368. The summed E-state index contributed by atoms with van der Waals surface area (Å²) in [7, 11) is -3.64. The molecule has 6 heteroatoms. The monoisotopic (exact) mass is 426 g/mol. The average Bonchev–Trinajstić information content (AvgIpc) is 2.59. The highest BCUT2D eigenvalue weighted by atomic mass is 79.9. The zero-order valence-electron chi connectivity index (χ0n) is 14.3. The second-order valence-corrected chi connectivity index (χ2v) is 8.34. The van der Waals surface area contributed by atoms with Gasteiger partial charge in [0.2, 0.25) is 0 Å². The van der Waals surface area contributed by atoms with Crippen LogP contribution >= 0.6 is 15.9 Å². The predicted octanol–water partition coefficient (Wildman–Crippen LogP) is 5.10. The van der Waals surface area contributed by atoms with Crippen molar-refractivity contribution in [3.63, 3.8) is 0 Å². The van der Waals surface area contributed by atoms with Crippen LogP contribution < -0.4 is 4.74 Å². The van der Waals surface area contributed by atoms with E-state index in [1.807, 2.05) is 31.2 Å². The van der Waals surface area contributed by atoms with Crippen molar-refractivity contribution < 1.29 is 17.3 Å². The topological polar surface area (TPSA) is 52.6 Å². The molecule has 0 aliphatic rings. The quantitative estimate of drug-likeness (QED) is 0.391. The number of ether oxygens (including phenoxy) is 1. The van der Waals surface area contributed by atoms with Crippen LogP contribution in [-0.4, -0.2) is 21.6 Å². The molecular weight excluding hydrogens is 404 g/mol. The number of unbranched alkanes of at least 4 members (excludes halogenated alkanes) is 3. The molecule has 136 valence electrons. The van der Waals surface area contributed by atoms with Gasteiger partial charge >= 0.3 is 0 Å². The van der Waals surface area contributed by atoms with Crippen molar-refractivity contribution in [2.45, 2.75) is 37.5 Å². The van der Waals surface area contributed by atoms with E-state index >= 15 is 0 Å². The maximum atomic E-state index is 12.0. The summed E-state index contributed by atoms with van der Waals surface area (Å²) in [6.45, 7) is 2.78. The van der Waals surface area contributed by atoms with E-state index in [2.05, 4.69) is 15.9 Å². The molecule has 0 saturated carbocycles. The Kier molecular flexibility index (Phi) is 7.93. The molecular formula is C19H23BrO4S. The number of aryl methyl sites for hydroxylation is 1. The van der Waals surface area contributed by atoms with Gasteiger partial charge in [-0.1, -0.05) is 40.0 Å². The molecule has 0 bridgehead atoms. The van der Waals surface area contributed by atoms with Crippen LogP contribution in [-0.2, 0) is 14.3 Å². The van der Waals surface area contributed by atoms with E-state index in [0.29, 0.717) is 13.0 Å². The Labute approximate surface area is 158 Å². The standard InChI is InChI=1S/C19H23BrO4S/c1-16-6-12-19(13-7-16)25(21,22)24-15-5-3-2-4-14-23-18-10-8-17(20)9-11-18/h6-13H,2-5,14-15H2,1H3. The summed E-state index contributed by atoms with van der Waals surface area (Å²) < 4.78 is 35.8. The number of benzene rings is 2. The van der Waals surface area contributed by atoms with Crippen molar-refractivity contribution >= 4 is 26.0 Å². The normalized spacial score (nSPS) is 11.4. The van der Waals surface area contributed by atoms with Crippen LogP contribution in [0.15, 0.2) is 57.9 Å². The van der Waals surface area contributed by atoms with E-state index in [4.69, 9.17) is 8.92 Å². The predicted molar refractivity (Wildman–Crippen MR) is 102 cm³/mol. The van der Waals surface area contributed by atoms with E-state index in [1.165, 1.54) is 0 Å². The Morgan fingerprint density at radius 1 is 0.840 bits per heavy atom. The van der Waals surface area contributed by atoms with Crippen LogP contribution in [0.25, 0.3) is 0 Å². The van der Waals surface area contributed by atoms with Crippen LogP contribution in [0.3, 0.4) is 0 Å². The van der Waals surface area contributed by atoms with E-state index in [0.717, 1.165) is 35.0 Å². The number of halogens is 1. The molecule has 0 aromatic heterocycles. The first-order valence-electron chi connectivity index (χ1n) is 8.32. The fourth-order valence-electron chi connectivity index (χ4n) is 2.22. The Morgan fingerprint density at radius 2 is 1.44 bits per heavy atom. The van der Waals surface area contributed by atoms with Crippen molar-refractivity contribution in [2.24, 2.45) is 0 Å². The van der Waals surface area contributed by atoms with Crippen molar-refractivity contribution in [1.82, 2.24) is 0 Å². The van der Waals surface area contributed by atoms with Crippen LogP contribution in [0.4, 0.5) is 0 Å². The third-order valence-electron chi connectivity index (χ3n) is 3.67.